The van der Waals surface area contributed by atoms with E-state index in [1.165, 1.54) is 11.8 Å². The van der Waals surface area contributed by atoms with Gasteiger partial charge >= 0.3 is 0 Å². The van der Waals surface area contributed by atoms with Gasteiger partial charge in [0.1, 0.15) is 6.61 Å². The SMILES string of the molecule is C#CCOc1c(Br)cc(/C=C2/SC(=Nc3ccc(C)cc3)NC2=O)cc1OCC. The standard InChI is InChI=1S/C22H19BrN2O3S/c1-4-10-28-20-17(23)11-15(12-18(20)27-5-2)13-19-21(26)25-22(29-19)24-16-8-6-14(3)7-9-16/h1,6-9,11-13H,5,10H2,2-3H3,(H,24,25,26)/b19-13+. The molecule has 0 saturated carbocycles. The van der Waals surface area contributed by atoms with E-state index in [2.05, 4.69) is 32.2 Å². The van der Waals surface area contributed by atoms with Crippen molar-refractivity contribution in [1.82, 2.24) is 5.32 Å². The molecule has 7 heteroatoms. The minimum Gasteiger partial charge on any atom is -0.490 e. The van der Waals surface area contributed by atoms with Gasteiger partial charge in [0.15, 0.2) is 16.7 Å². The molecule has 1 saturated heterocycles. The minimum absolute atomic E-state index is 0.135. The van der Waals surface area contributed by atoms with Crippen molar-refractivity contribution in [3.05, 3.63) is 56.9 Å². The van der Waals surface area contributed by atoms with Crippen LogP contribution in [-0.4, -0.2) is 24.3 Å². The number of carbonyl (C=O) groups is 1. The number of hydrogen-bond donors (Lipinski definition) is 1. The highest BCUT2D eigenvalue weighted by Gasteiger charge is 2.24. The Morgan fingerprint density at radius 2 is 2.03 bits per heavy atom. The summed E-state index contributed by atoms with van der Waals surface area (Å²) in [6.45, 7) is 4.51. The van der Waals surface area contributed by atoms with Crippen LogP contribution in [0.2, 0.25) is 0 Å². The van der Waals surface area contributed by atoms with Gasteiger partial charge in [-0.1, -0.05) is 23.6 Å². The number of rotatable bonds is 6. The molecule has 5 nitrogen and oxygen atoms in total. The quantitative estimate of drug-likeness (QED) is 0.473. The Morgan fingerprint density at radius 1 is 1.28 bits per heavy atom. The van der Waals surface area contributed by atoms with E-state index < -0.39 is 0 Å². The molecule has 3 rings (SSSR count). The van der Waals surface area contributed by atoms with Crippen LogP contribution < -0.4 is 14.8 Å². The number of aryl methyl sites for hydroxylation is 1. The molecule has 148 valence electrons. The number of nitrogens with zero attached hydrogens (tertiary/aromatic N) is 1. The summed E-state index contributed by atoms with van der Waals surface area (Å²) in [5, 5.41) is 3.34. The number of halogens is 1. The lowest BCUT2D eigenvalue weighted by atomic mass is 10.2. The topological polar surface area (TPSA) is 59.9 Å². The van der Waals surface area contributed by atoms with E-state index in [0.717, 1.165) is 16.8 Å². The summed E-state index contributed by atoms with van der Waals surface area (Å²) < 4.78 is 11.9. The van der Waals surface area contributed by atoms with Gasteiger partial charge in [0.2, 0.25) is 0 Å². The lowest BCUT2D eigenvalue weighted by molar-refractivity contribution is -0.115. The van der Waals surface area contributed by atoms with E-state index in [4.69, 9.17) is 15.9 Å². The summed E-state index contributed by atoms with van der Waals surface area (Å²) in [4.78, 5) is 17.4. The fraction of sp³-hybridized carbons (Fsp3) is 0.182. The second-order valence-corrected chi connectivity index (χ2v) is 7.96. The molecular formula is C22H19BrN2O3S. The van der Waals surface area contributed by atoms with Crippen LogP contribution in [0.1, 0.15) is 18.1 Å². The second-order valence-electron chi connectivity index (χ2n) is 6.07. The summed E-state index contributed by atoms with van der Waals surface area (Å²) in [7, 11) is 0. The highest BCUT2D eigenvalue weighted by Crippen LogP contribution is 2.38. The van der Waals surface area contributed by atoms with Crippen molar-refractivity contribution in [2.45, 2.75) is 13.8 Å². The maximum Gasteiger partial charge on any atom is 0.264 e. The first-order valence-corrected chi connectivity index (χ1v) is 10.5. The van der Waals surface area contributed by atoms with Crippen LogP contribution in [0, 0.1) is 19.3 Å². The number of benzene rings is 2. The summed E-state index contributed by atoms with van der Waals surface area (Å²) >= 11 is 4.78. The molecule has 29 heavy (non-hydrogen) atoms. The number of amidine groups is 1. The number of aliphatic imine (C=N–C) groups is 1. The molecule has 0 unspecified atom stereocenters. The molecule has 0 aromatic heterocycles. The smallest absolute Gasteiger partial charge is 0.264 e. The van der Waals surface area contributed by atoms with Crippen molar-refractivity contribution in [3.63, 3.8) is 0 Å². The van der Waals surface area contributed by atoms with Crippen LogP contribution in [0.5, 0.6) is 11.5 Å². The van der Waals surface area contributed by atoms with Crippen LogP contribution >= 0.6 is 27.7 Å². The monoisotopic (exact) mass is 470 g/mol. The van der Waals surface area contributed by atoms with E-state index in [-0.39, 0.29) is 12.5 Å². The molecule has 0 bridgehead atoms. The van der Waals surface area contributed by atoms with Crippen molar-refractivity contribution in [2.75, 3.05) is 13.2 Å². The fourth-order valence-electron chi connectivity index (χ4n) is 2.56. The largest absolute Gasteiger partial charge is 0.490 e. The van der Waals surface area contributed by atoms with E-state index in [9.17, 15) is 4.79 Å². The first kappa shape index (κ1) is 21.0. The number of terminal acetylenes is 1. The molecule has 0 spiro atoms. The van der Waals surface area contributed by atoms with Gasteiger partial charge in [0.25, 0.3) is 5.91 Å². The van der Waals surface area contributed by atoms with E-state index in [1.54, 1.807) is 6.08 Å². The summed E-state index contributed by atoms with van der Waals surface area (Å²) in [6, 6.07) is 11.5. The third-order valence-electron chi connectivity index (χ3n) is 3.84. The molecule has 1 amide bonds. The van der Waals surface area contributed by atoms with Gasteiger partial charge in [-0.3, -0.25) is 4.79 Å². The van der Waals surface area contributed by atoms with Crippen molar-refractivity contribution >= 4 is 50.5 Å². The molecule has 0 aliphatic carbocycles. The lowest BCUT2D eigenvalue weighted by Gasteiger charge is -2.13. The molecule has 1 aliphatic heterocycles. The molecule has 1 heterocycles. The van der Waals surface area contributed by atoms with Gasteiger partial charge in [-0.25, -0.2) is 4.99 Å². The Balaban J connectivity index is 1.86. The summed E-state index contributed by atoms with van der Waals surface area (Å²) in [5.41, 5.74) is 2.74. The number of carbonyl (C=O) groups excluding carboxylic acids is 1. The van der Waals surface area contributed by atoms with Crippen molar-refractivity contribution in [3.8, 4) is 23.8 Å². The summed E-state index contributed by atoms with van der Waals surface area (Å²) in [6.07, 6.45) is 7.07. The predicted octanol–water partition coefficient (Wildman–Crippen LogP) is 5.06. The lowest BCUT2D eigenvalue weighted by Crippen LogP contribution is -2.19. The molecule has 1 fully saturated rings. The molecule has 0 radical (unpaired) electrons. The van der Waals surface area contributed by atoms with Crippen LogP contribution in [0.4, 0.5) is 5.69 Å². The number of amides is 1. The van der Waals surface area contributed by atoms with Crippen molar-refractivity contribution < 1.29 is 14.3 Å². The maximum absolute atomic E-state index is 12.4. The van der Waals surface area contributed by atoms with Gasteiger partial charge in [-0.2, -0.15) is 0 Å². The molecule has 1 N–H and O–H groups in total. The predicted molar refractivity (Wildman–Crippen MR) is 122 cm³/mol. The normalized spacial score (nSPS) is 16.0. The van der Waals surface area contributed by atoms with Gasteiger partial charge in [-0.05, 0) is 77.4 Å². The van der Waals surface area contributed by atoms with Crippen LogP contribution in [-0.2, 0) is 4.79 Å². The Bertz CT molecular complexity index is 1020. The number of ether oxygens (including phenoxy) is 2. The minimum atomic E-state index is -0.192. The fourth-order valence-corrected chi connectivity index (χ4v) is 3.97. The van der Waals surface area contributed by atoms with Gasteiger partial charge in [0.05, 0.1) is 21.7 Å². The third kappa shape index (κ3) is 5.43. The second kappa shape index (κ2) is 9.68. The number of thioether (sulfide) groups is 1. The molecule has 2 aromatic rings. The average Bonchev–Trinajstić information content (AvgIpc) is 3.02. The Morgan fingerprint density at radius 3 is 2.72 bits per heavy atom. The van der Waals surface area contributed by atoms with Crippen LogP contribution in [0.15, 0.2) is 50.8 Å². The number of hydrogen-bond acceptors (Lipinski definition) is 5. The average molecular weight is 471 g/mol. The van der Waals surface area contributed by atoms with Gasteiger partial charge in [-0.15, -0.1) is 6.42 Å². The first-order chi connectivity index (χ1) is 14.0. The van der Waals surface area contributed by atoms with E-state index in [0.29, 0.717) is 32.7 Å². The van der Waals surface area contributed by atoms with Crippen LogP contribution in [0.25, 0.3) is 6.08 Å². The van der Waals surface area contributed by atoms with Crippen molar-refractivity contribution in [1.29, 1.82) is 0 Å². The molecule has 2 aromatic carbocycles. The van der Waals surface area contributed by atoms with Crippen LogP contribution in [0.3, 0.4) is 0 Å². The highest BCUT2D eigenvalue weighted by molar-refractivity contribution is 9.10. The zero-order valence-corrected chi connectivity index (χ0v) is 18.4. The van der Waals surface area contributed by atoms with E-state index >= 15 is 0 Å². The highest BCUT2D eigenvalue weighted by atomic mass is 79.9. The summed E-state index contributed by atoms with van der Waals surface area (Å²) in [5.74, 6) is 3.34. The molecular weight excluding hydrogens is 452 g/mol. The van der Waals surface area contributed by atoms with Gasteiger partial charge < -0.3 is 14.8 Å². The Kier molecular flexibility index (Phi) is 7.02. The Labute approximate surface area is 182 Å². The maximum atomic E-state index is 12.4. The molecule has 1 aliphatic rings. The zero-order chi connectivity index (χ0) is 20.8. The molecule has 0 atom stereocenters. The Hall–Kier alpha value is -2.69. The third-order valence-corrected chi connectivity index (χ3v) is 5.34. The van der Waals surface area contributed by atoms with E-state index in [1.807, 2.05) is 50.2 Å². The zero-order valence-electron chi connectivity index (χ0n) is 16.0. The first-order valence-electron chi connectivity index (χ1n) is 8.89. The van der Waals surface area contributed by atoms with Crippen molar-refractivity contribution in [2.24, 2.45) is 4.99 Å². The van der Waals surface area contributed by atoms with Gasteiger partial charge in [0, 0.05) is 0 Å². The number of nitrogens with one attached hydrogen (secondary N) is 1.